The number of aryl methyl sites for hydroxylation is 1. The highest BCUT2D eigenvalue weighted by Gasteiger charge is 2.17. The zero-order valence-electron chi connectivity index (χ0n) is 17.0. The van der Waals surface area contributed by atoms with Gasteiger partial charge in [0.15, 0.2) is 16.6 Å². The molecule has 0 saturated heterocycles. The Bertz CT molecular complexity index is 1350. The molecule has 0 bridgehead atoms. The van der Waals surface area contributed by atoms with E-state index in [0.29, 0.717) is 33.6 Å². The van der Waals surface area contributed by atoms with Crippen LogP contribution in [0.3, 0.4) is 0 Å². The normalized spacial score (nSPS) is 12.0. The molecular weight excluding hydrogens is 428 g/mol. The summed E-state index contributed by atoms with van der Waals surface area (Å²) < 4.78 is 10.6. The highest BCUT2D eigenvalue weighted by molar-refractivity contribution is 7.14. The maximum Gasteiger partial charge on any atom is 0.257 e. The van der Waals surface area contributed by atoms with Crippen molar-refractivity contribution in [1.82, 2.24) is 9.97 Å². The van der Waals surface area contributed by atoms with Crippen LogP contribution in [-0.2, 0) is 11.2 Å². The van der Waals surface area contributed by atoms with Crippen molar-refractivity contribution in [3.05, 3.63) is 70.9 Å². The van der Waals surface area contributed by atoms with Crippen LogP contribution in [0.2, 0.25) is 0 Å². The Kier molecular flexibility index (Phi) is 5.16. The minimum atomic E-state index is -0.313. The van der Waals surface area contributed by atoms with Gasteiger partial charge in [0, 0.05) is 22.0 Å². The summed E-state index contributed by atoms with van der Waals surface area (Å²) in [6, 6.07) is 14.4. The molecule has 0 aliphatic carbocycles. The smallest absolute Gasteiger partial charge is 0.257 e. The van der Waals surface area contributed by atoms with Crippen molar-refractivity contribution in [2.75, 3.05) is 17.4 Å². The first-order valence-corrected chi connectivity index (χ1v) is 10.7. The Hall–Kier alpha value is -3.98. The van der Waals surface area contributed by atoms with E-state index in [0.717, 1.165) is 16.6 Å². The molecule has 2 aromatic heterocycles. The summed E-state index contributed by atoms with van der Waals surface area (Å²) in [5, 5.41) is 8.73. The SMILES string of the molecule is Cc1ccc2c(NC(=O)Cc3csc(NC(=O)c4ccc5c(c4)OCO5)n3)cccc2n1. The number of ether oxygens (including phenoxy) is 2. The van der Waals surface area contributed by atoms with Gasteiger partial charge in [-0.3, -0.25) is 19.9 Å². The Morgan fingerprint density at radius 1 is 1.03 bits per heavy atom. The summed E-state index contributed by atoms with van der Waals surface area (Å²) in [5.41, 5.74) is 3.45. The zero-order valence-corrected chi connectivity index (χ0v) is 17.9. The molecule has 0 unspecified atom stereocenters. The van der Waals surface area contributed by atoms with Gasteiger partial charge in [0.25, 0.3) is 5.91 Å². The van der Waals surface area contributed by atoms with Gasteiger partial charge in [0.1, 0.15) is 0 Å². The molecule has 0 saturated carbocycles. The quantitative estimate of drug-likeness (QED) is 0.477. The molecule has 1 aliphatic heterocycles. The van der Waals surface area contributed by atoms with Crippen molar-refractivity contribution >= 4 is 44.9 Å². The number of carbonyl (C=O) groups excluding carboxylic acids is 2. The molecule has 0 atom stereocenters. The van der Waals surface area contributed by atoms with Gasteiger partial charge >= 0.3 is 0 Å². The van der Waals surface area contributed by atoms with E-state index >= 15 is 0 Å². The number of benzene rings is 2. The zero-order chi connectivity index (χ0) is 22.1. The molecule has 5 rings (SSSR count). The third-order valence-corrected chi connectivity index (χ3v) is 5.70. The molecule has 2 amide bonds. The fraction of sp³-hybridized carbons (Fsp3) is 0.130. The molecule has 0 spiro atoms. The molecule has 3 heterocycles. The number of hydrogen-bond donors (Lipinski definition) is 2. The van der Waals surface area contributed by atoms with Gasteiger partial charge in [-0.05, 0) is 49.4 Å². The van der Waals surface area contributed by atoms with Crippen LogP contribution in [0.1, 0.15) is 21.7 Å². The number of carbonyl (C=O) groups is 2. The highest BCUT2D eigenvalue weighted by atomic mass is 32.1. The van der Waals surface area contributed by atoms with Crippen LogP contribution in [0, 0.1) is 6.92 Å². The number of nitrogens with zero attached hydrogens (tertiary/aromatic N) is 2. The summed E-state index contributed by atoms with van der Waals surface area (Å²) in [6.45, 7) is 2.07. The van der Waals surface area contributed by atoms with E-state index in [1.165, 1.54) is 11.3 Å². The Morgan fingerprint density at radius 3 is 2.81 bits per heavy atom. The lowest BCUT2D eigenvalue weighted by Gasteiger charge is -2.08. The maximum absolute atomic E-state index is 12.6. The predicted octanol–water partition coefficient (Wildman–Crippen LogP) is 4.16. The van der Waals surface area contributed by atoms with Gasteiger partial charge in [0.2, 0.25) is 12.7 Å². The third kappa shape index (κ3) is 4.10. The van der Waals surface area contributed by atoms with Gasteiger partial charge in [-0.25, -0.2) is 4.98 Å². The van der Waals surface area contributed by atoms with Gasteiger partial charge in [-0.15, -0.1) is 11.3 Å². The molecular formula is C23H18N4O4S. The Balaban J connectivity index is 1.23. The minimum Gasteiger partial charge on any atom is -0.454 e. The van der Waals surface area contributed by atoms with E-state index in [2.05, 4.69) is 20.6 Å². The Labute approximate surface area is 187 Å². The van der Waals surface area contributed by atoms with Crippen LogP contribution in [0.15, 0.2) is 53.9 Å². The van der Waals surface area contributed by atoms with Crippen molar-refractivity contribution in [2.45, 2.75) is 13.3 Å². The first kappa shape index (κ1) is 20.0. The van der Waals surface area contributed by atoms with Gasteiger partial charge < -0.3 is 14.8 Å². The van der Waals surface area contributed by atoms with Gasteiger partial charge in [-0.2, -0.15) is 0 Å². The summed E-state index contributed by atoms with van der Waals surface area (Å²) in [4.78, 5) is 33.9. The van der Waals surface area contributed by atoms with Gasteiger partial charge in [-0.1, -0.05) is 6.07 Å². The predicted molar refractivity (Wildman–Crippen MR) is 121 cm³/mol. The summed E-state index contributed by atoms with van der Waals surface area (Å²) in [6.07, 6.45) is 0.0894. The van der Waals surface area contributed by atoms with Crippen molar-refractivity contribution in [2.24, 2.45) is 0 Å². The lowest BCUT2D eigenvalue weighted by atomic mass is 10.1. The first-order valence-electron chi connectivity index (χ1n) is 9.87. The highest BCUT2D eigenvalue weighted by Crippen LogP contribution is 2.32. The van der Waals surface area contributed by atoms with Crippen LogP contribution in [0.5, 0.6) is 11.5 Å². The molecule has 8 nitrogen and oxygen atoms in total. The average Bonchev–Trinajstić information content (AvgIpc) is 3.42. The number of nitrogens with one attached hydrogen (secondary N) is 2. The average molecular weight is 446 g/mol. The van der Waals surface area contributed by atoms with Crippen LogP contribution < -0.4 is 20.1 Å². The molecule has 2 N–H and O–H groups in total. The Morgan fingerprint density at radius 2 is 1.91 bits per heavy atom. The summed E-state index contributed by atoms with van der Waals surface area (Å²) in [5.74, 6) is 0.637. The number of pyridine rings is 1. The molecule has 0 fully saturated rings. The second kappa shape index (κ2) is 8.27. The molecule has 1 aliphatic rings. The molecule has 32 heavy (non-hydrogen) atoms. The van der Waals surface area contributed by atoms with Crippen molar-refractivity contribution < 1.29 is 19.1 Å². The van der Waals surface area contributed by atoms with Crippen molar-refractivity contribution in [3.63, 3.8) is 0 Å². The second-order valence-electron chi connectivity index (χ2n) is 7.22. The van der Waals surface area contributed by atoms with E-state index in [9.17, 15) is 9.59 Å². The van der Waals surface area contributed by atoms with Crippen molar-refractivity contribution in [1.29, 1.82) is 0 Å². The molecule has 0 radical (unpaired) electrons. The van der Waals surface area contributed by atoms with E-state index < -0.39 is 0 Å². The summed E-state index contributed by atoms with van der Waals surface area (Å²) >= 11 is 1.26. The number of amides is 2. The molecule has 9 heteroatoms. The monoisotopic (exact) mass is 446 g/mol. The second-order valence-corrected chi connectivity index (χ2v) is 8.07. The first-order chi connectivity index (χ1) is 15.5. The van der Waals surface area contributed by atoms with E-state index in [1.54, 1.807) is 23.6 Å². The van der Waals surface area contributed by atoms with Crippen molar-refractivity contribution in [3.8, 4) is 11.5 Å². The number of hydrogen-bond acceptors (Lipinski definition) is 7. The number of thiazole rings is 1. The fourth-order valence-corrected chi connectivity index (χ4v) is 4.08. The van der Waals surface area contributed by atoms with E-state index in [1.807, 2.05) is 37.3 Å². The maximum atomic E-state index is 12.6. The van der Waals surface area contributed by atoms with Crippen LogP contribution >= 0.6 is 11.3 Å². The third-order valence-electron chi connectivity index (χ3n) is 4.89. The van der Waals surface area contributed by atoms with Crippen LogP contribution in [0.25, 0.3) is 10.9 Å². The number of anilines is 2. The fourth-order valence-electron chi connectivity index (χ4n) is 3.38. The number of fused-ring (bicyclic) bond motifs is 2. The topological polar surface area (TPSA) is 102 Å². The lowest BCUT2D eigenvalue weighted by Crippen LogP contribution is -2.15. The van der Waals surface area contributed by atoms with Crippen LogP contribution in [0.4, 0.5) is 10.8 Å². The van der Waals surface area contributed by atoms with E-state index in [4.69, 9.17) is 9.47 Å². The minimum absolute atomic E-state index is 0.0894. The van der Waals surface area contributed by atoms with Gasteiger partial charge in [0.05, 0.1) is 23.3 Å². The lowest BCUT2D eigenvalue weighted by molar-refractivity contribution is -0.115. The molecule has 160 valence electrons. The van der Waals surface area contributed by atoms with Crippen LogP contribution in [-0.4, -0.2) is 28.6 Å². The molecule has 4 aromatic rings. The number of rotatable bonds is 5. The standard InChI is InChI=1S/C23H18N4O4S/c1-13-5-7-16-17(24-13)3-2-4-18(16)26-21(28)10-15-11-32-23(25-15)27-22(29)14-6-8-19-20(9-14)31-12-30-19/h2-9,11H,10,12H2,1H3,(H,26,28)(H,25,27,29). The molecule has 2 aromatic carbocycles. The van der Waals surface area contributed by atoms with E-state index in [-0.39, 0.29) is 25.0 Å². The largest absolute Gasteiger partial charge is 0.454 e. The summed E-state index contributed by atoms with van der Waals surface area (Å²) in [7, 11) is 0. The number of aromatic nitrogens is 2.